The summed E-state index contributed by atoms with van der Waals surface area (Å²) in [5.41, 5.74) is 0. The van der Waals surface area contributed by atoms with Crippen LogP contribution in [0.5, 0.6) is 0 Å². The number of furan rings is 1. The Kier molecular flexibility index (Phi) is 5.42. The molecule has 2 saturated heterocycles. The van der Waals surface area contributed by atoms with Crippen molar-refractivity contribution in [2.24, 2.45) is 5.92 Å². The molecule has 2 aliphatic rings. The first-order chi connectivity index (χ1) is 11.1. The van der Waals surface area contributed by atoms with Crippen LogP contribution in [0, 0.1) is 12.8 Å². The standard InChI is InChI=1S/C19H30N2O2/c1-15-7-6-12-21(13-15)19(22)14-20-11-5-3-4-8-17(20)18-10-9-16(2)23-18/h9-10,15,17H,3-8,11-14H2,1-2H3/t15-,17-/m0/s1. The maximum Gasteiger partial charge on any atom is 0.236 e. The molecule has 3 heterocycles. The molecule has 2 atom stereocenters. The largest absolute Gasteiger partial charge is 0.465 e. The molecule has 0 N–H and O–H groups in total. The third kappa shape index (κ3) is 4.17. The number of piperidine rings is 1. The minimum atomic E-state index is 0.261. The molecule has 4 nitrogen and oxygen atoms in total. The van der Waals surface area contributed by atoms with Crippen LogP contribution in [0.25, 0.3) is 0 Å². The van der Waals surface area contributed by atoms with Crippen LogP contribution in [0.3, 0.4) is 0 Å². The molecular formula is C19H30N2O2. The predicted octanol–water partition coefficient (Wildman–Crippen LogP) is 3.76. The Morgan fingerprint density at radius 2 is 2.04 bits per heavy atom. The molecule has 23 heavy (non-hydrogen) atoms. The van der Waals surface area contributed by atoms with E-state index in [2.05, 4.69) is 22.8 Å². The number of aryl methyl sites for hydroxylation is 1. The monoisotopic (exact) mass is 318 g/mol. The third-order valence-electron chi connectivity index (χ3n) is 5.30. The molecule has 0 bridgehead atoms. The van der Waals surface area contributed by atoms with Crippen molar-refractivity contribution < 1.29 is 9.21 Å². The topological polar surface area (TPSA) is 36.7 Å². The van der Waals surface area contributed by atoms with Crippen molar-refractivity contribution in [1.82, 2.24) is 9.80 Å². The zero-order valence-electron chi connectivity index (χ0n) is 14.6. The van der Waals surface area contributed by atoms with Gasteiger partial charge >= 0.3 is 0 Å². The van der Waals surface area contributed by atoms with E-state index in [1.54, 1.807) is 0 Å². The second kappa shape index (κ2) is 7.52. The van der Waals surface area contributed by atoms with E-state index in [0.717, 1.165) is 44.0 Å². The molecule has 0 aliphatic carbocycles. The Labute approximate surface area is 139 Å². The molecule has 2 fully saturated rings. The summed E-state index contributed by atoms with van der Waals surface area (Å²) in [5.74, 6) is 2.93. The average Bonchev–Trinajstić information content (AvgIpc) is 2.82. The molecule has 0 spiro atoms. The number of amides is 1. The maximum absolute atomic E-state index is 12.8. The molecule has 1 amide bonds. The van der Waals surface area contributed by atoms with Crippen LogP contribution in [-0.2, 0) is 4.79 Å². The fourth-order valence-electron chi connectivity index (χ4n) is 4.00. The van der Waals surface area contributed by atoms with Gasteiger partial charge in [-0.05, 0) is 57.2 Å². The Balaban J connectivity index is 1.68. The van der Waals surface area contributed by atoms with Gasteiger partial charge in [0.1, 0.15) is 11.5 Å². The Hall–Kier alpha value is -1.29. The van der Waals surface area contributed by atoms with Crippen LogP contribution in [0.15, 0.2) is 16.5 Å². The highest BCUT2D eigenvalue weighted by Crippen LogP contribution is 2.31. The van der Waals surface area contributed by atoms with E-state index in [4.69, 9.17) is 4.42 Å². The van der Waals surface area contributed by atoms with Gasteiger partial charge in [-0.25, -0.2) is 0 Å². The van der Waals surface area contributed by atoms with Crippen molar-refractivity contribution in [1.29, 1.82) is 0 Å². The van der Waals surface area contributed by atoms with Crippen LogP contribution < -0.4 is 0 Å². The van der Waals surface area contributed by atoms with Crippen molar-refractivity contribution in [2.75, 3.05) is 26.2 Å². The van der Waals surface area contributed by atoms with Gasteiger partial charge < -0.3 is 9.32 Å². The van der Waals surface area contributed by atoms with E-state index in [-0.39, 0.29) is 6.04 Å². The summed E-state index contributed by atoms with van der Waals surface area (Å²) in [5, 5.41) is 0. The zero-order valence-corrected chi connectivity index (χ0v) is 14.6. The predicted molar refractivity (Wildman–Crippen MR) is 91.2 cm³/mol. The molecule has 0 saturated carbocycles. The number of carbonyl (C=O) groups excluding carboxylic acids is 1. The van der Waals surface area contributed by atoms with Gasteiger partial charge in [0.15, 0.2) is 0 Å². The van der Waals surface area contributed by atoms with Crippen molar-refractivity contribution in [3.63, 3.8) is 0 Å². The Morgan fingerprint density at radius 3 is 2.78 bits per heavy atom. The molecule has 128 valence electrons. The van der Waals surface area contributed by atoms with Gasteiger partial charge in [0.05, 0.1) is 12.6 Å². The summed E-state index contributed by atoms with van der Waals surface area (Å²) in [7, 11) is 0. The average molecular weight is 318 g/mol. The van der Waals surface area contributed by atoms with Crippen molar-refractivity contribution in [3.05, 3.63) is 23.7 Å². The van der Waals surface area contributed by atoms with Crippen molar-refractivity contribution >= 4 is 5.91 Å². The molecule has 0 aromatic carbocycles. The lowest BCUT2D eigenvalue weighted by atomic mass is 10.0. The summed E-state index contributed by atoms with van der Waals surface area (Å²) >= 11 is 0. The molecule has 1 aromatic rings. The van der Waals surface area contributed by atoms with Crippen molar-refractivity contribution in [2.45, 2.75) is 58.4 Å². The zero-order chi connectivity index (χ0) is 16.2. The number of hydrogen-bond donors (Lipinski definition) is 0. The maximum atomic E-state index is 12.8. The van der Waals surface area contributed by atoms with Gasteiger partial charge in [0.2, 0.25) is 5.91 Å². The summed E-state index contributed by atoms with van der Waals surface area (Å²) in [6.07, 6.45) is 7.14. The van der Waals surface area contributed by atoms with E-state index < -0.39 is 0 Å². The van der Waals surface area contributed by atoms with Crippen LogP contribution in [0.2, 0.25) is 0 Å². The van der Waals surface area contributed by atoms with Gasteiger partial charge in [-0.1, -0.05) is 19.8 Å². The number of nitrogens with zero attached hydrogens (tertiary/aromatic N) is 2. The molecule has 2 aliphatic heterocycles. The van der Waals surface area contributed by atoms with Gasteiger partial charge in [0.25, 0.3) is 0 Å². The van der Waals surface area contributed by atoms with Gasteiger partial charge in [-0.3, -0.25) is 9.69 Å². The van der Waals surface area contributed by atoms with E-state index >= 15 is 0 Å². The van der Waals surface area contributed by atoms with Gasteiger partial charge in [0, 0.05) is 13.1 Å². The minimum absolute atomic E-state index is 0.261. The third-order valence-corrected chi connectivity index (χ3v) is 5.30. The SMILES string of the molecule is Cc1ccc([C@@H]2CCCCCN2CC(=O)N2CCC[C@H](C)C2)o1. The van der Waals surface area contributed by atoms with Gasteiger partial charge in [-0.2, -0.15) is 0 Å². The minimum Gasteiger partial charge on any atom is -0.465 e. The number of carbonyl (C=O) groups is 1. The van der Waals surface area contributed by atoms with Crippen LogP contribution in [0.1, 0.15) is 63.0 Å². The Bertz CT molecular complexity index is 525. The lowest BCUT2D eigenvalue weighted by molar-refractivity contribution is -0.134. The van der Waals surface area contributed by atoms with Crippen LogP contribution in [-0.4, -0.2) is 41.9 Å². The van der Waals surface area contributed by atoms with E-state index in [0.29, 0.717) is 18.4 Å². The van der Waals surface area contributed by atoms with Crippen molar-refractivity contribution in [3.8, 4) is 0 Å². The lowest BCUT2D eigenvalue weighted by Crippen LogP contribution is -2.45. The highest BCUT2D eigenvalue weighted by Gasteiger charge is 2.29. The second-order valence-electron chi connectivity index (χ2n) is 7.37. The molecule has 4 heteroatoms. The first-order valence-electron chi connectivity index (χ1n) is 9.21. The smallest absolute Gasteiger partial charge is 0.236 e. The van der Waals surface area contributed by atoms with Crippen LogP contribution >= 0.6 is 0 Å². The highest BCUT2D eigenvalue weighted by molar-refractivity contribution is 5.78. The molecule has 0 unspecified atom stereocenters. The van der Waals surface area contributed by atoms with E-state index in [1.807, 2.05) is 13.0 Å². The number of hydrogen-bond acceptors (Lipinski definition) is 3. The summed E-state index contributed by atoms with van der Waals surface area (Å²) < 4.78 is 5.89. The second-order valence-corrected chi connectivity index (χ2v) is 7.37. The number of rotatable bonds is 3. The lowest BCUT2D eigenvalue weighted by Gasteiger charge is -2.34. The molecule has 0 radical (unpaired) electrons. The Morgan fingerprint density at radius 1 is 1.17 bits per heavy atom. The van der Waals surface area contributed by atoms with E-state index in [1.165, 1.54) is 25.7 Å². The van der Waals surface area contributed by atoms with Crippen LogP contribution in [0.4, 0.5) is 0 Å². The number of likely N-dealkylation sites (tertiary alicyclic amines) is 2. The van der Waals surface area contributed by atoms with E-state index in [9.17, 15) is 4.79 Å². The first kappa shape index (κ1) is 16.6. The summed E-state index contributed by atoms with van der Waals surface area (Å²) in [4.78, 5) is 17.2. The summed E-state index contributed by atoms with van der Waals surface area (Å²) in [6, 6.07) is 4.38. The normalized spacial score (nSPS) is 27.0. The molecule has 1 aromatic heterocycles. The highest BCUT2D eigenvalue weighted by atomic mass is 16.3. The quantitative estimate of drug-likeness (QED) is 0.851. The fraction of sp³-hybridized carbons (Fsp3) is 0.737. The first-order valence-corrected chi connectivity index (χ1v) is 9.21. The summed E-state index contributed by atoms with van der Waals surface area (Å²) in [6.45, 7) is 7.64. The molecule has 3 rings (SSSR count). The molecular weight excluding hydrogens is 288 g/mol. The van der Waals surface area contributed by atoms with Gasteiger partial charge in [-0.15, -0.1) is 0 Å². The fourth-order valence-corrected chi connectivity index (χ4v) is 4.00.